The van der Waals surface area contributed by atoms with Gasteiger partial charge in [-0.15, -0.1) is 0 Å². The first-order valence-corrected chi connectivity index (χ1v) is 9.63. The van der Waals surface area contributed by atoms with Gasteiger partial charge in [0.1, 0.15) is 0 Å². The molecule has 8 heteroatoms. The molecule has 3 aromatic rings. The van der Waals surface area contributed by atoms with Gasteiger partial charge in [-0.05, 0) is 25.2 Å². The van der Waals surface area contributed by atoms with Crippen LogP contribution in [0.4, 0.5) is 0 Å². The van der Waals surface area contributed by atoms with E-state index in [1.54, 1.807) is 14.2 Å². The molecule has 2 aromatic carbocycles. The number of amides is 1. The monoisotopic (exact) mass is 412 g/mol. The number of para-hydroxylation sites is 1. The molecule has 0 aliphatic heterocycles. The minimum atomic E-state index is -0.0900. The van der Waals surface area contributed by atoms with Gasteiger partial charge >= 0.3 is 0 Å². The maximum absolute atomic E-state index is 12.4. The van der Waals surface area contributed by atoms with E-state index in [-0.39, 0.29) is 12.3 Å². The lowest BCUT2D eigenvalue weighted by atomic mass is 10.1. The van der Waals surface area contributed by atoms with Gasteiger partial charge < -0.3 is 14.8 Å². The number of aromatic amines is 1. The van der Waals surface area contributed by atoms with E-state index in [2.05, 4.69) is 15.5 Å². The predicted octanol–water partition coefficient (Wildman–Crippen LogP) is 3.64. The van der Waals surface area contributed by atoms with Crippen molar-refractivity contribution in [1.82, 2.24) is 20.1 Å². The second-order valence-electron chi connectivity index (χ2n) is 6.55. The molecule has 0 atom stereocenters. The zero-order valence-electron chi connectivity index (χ0n) is 16.7. The highest BCUT2D eigenvalue weighted by Gasteiger charge is 2.13. The van der Waals surface area contributed by atoms with Crippen LogP contribution in [0.2, 0.25) is 0 Å². The Labute approximate surface area is 174 Å². The van der Waals surface area contributed by atoms with Gasteiger partial charge in [0.2, 0.25) is 5.91 Å². The highest BCUT2D eigenvalue weighted by molar-refractivity contribution is 7.71. The highest BCUT2D eigenvalue weighted by Crippen LogP contribution is 2.30. The summed E-state index contributed by atoms with van der Waals surface area (Å²) in [5.74, 6) is 1.88. The number of aryl methyl sites for hydroxylation is 1. The van der Waals surface area contributed by atoms with Crippen molar-refractivity contribution in [3.8, 4) is 22.9 Å². The van der Waals surface area contributed by atoms with Crippen LogP contribution < -0.4 is 14.8 Å². The molecule has 0 aliphatic carbocycles. The van der Waals surface area contributed by atoms with E-state index in [9.17, 15) is 4.79 Å². The van der Waals surface area contributed by atoms with Crippen LogP contribution in [0.5, 0.6) is 11.5 Å². The molecule has 0 radical (unpaired) electrons. The predicted molar refractivity (Wildman–Crippen MR) is 114 cm³/mol. The average molecular weight is 413 g/mol. The summed E-state index contributed by atoms with van der Waals surface area (Å²) in [6, 6.07) is 13.6. The Morgan fingerprint density at radius 2 is 1.93 bits per heavy atom. The first kappa shape index (κ1) is 20.6. The van der Waals surface area contributed by atoms with Crippen molar-refractivity contribution in [1.29, 1.82) is 0 Å². The number of carbonyl (C=O) groups is 1. The van der Waals surface area contributed by atoms with Crippen LogP contribution in [0, 0.1) is 11.7 Å². The van der Waals surface area contributed by atoms with Gasteiger partial charge in [-0.1, -0.05) is 42.0 Å². The number of ether oxygens (including phenoxy) is 2. The molecule has 0 spiro atoms. The standard InChI is InChI=1S/C21H24N4O3S/c1-14-7-9-15(10-8-14)20-23-24-21(29)25(20)12-11-18(26)22-13-16-5-4-6-17(27-2)19(16)28-3/h4-10H,11-13H2,1-3H3,(H,22,26)(H,24,29). The number of methoxy groups -OCH3 is 2. The average Bonchev–Trinajstić information content (AvgIpc) is 3.11. The normalized spacial score (nSPS) is 10.6. The first-order chi connectivity index (χ1) is 14.0. The summed E-state index contributed by atoms with van der Waals surface area (Å²) in [7, 11) is 3.16. The van der Waals surface area contributed by atoms with Crippen LogP contribution in [0.15, 0.2) is 42.5 Å². The second-order valence-corrected chi connectivity index (χ2v) is 6.94. The van der Waals surface area contributed by atoms with Gasteiger partial charge in [-0.3, -0.25) is 14.5 Å². The maximum Gasteiger partial charge on any atom is 0.222 e. The quantitative estimate of drug-likeness (QED) is 0.552. The van der Waals surface area contributed by atoms with Crippen molar-refractivity contribution in [3.63, 3.8) is 0 Å². The van der Waals surface area contributed by atoms with E-state index in [1.807, 2.05) is 54.0 Å². The summed E-state index contributed by atoms with van der Waals surface area (Å²) in [6.45, 7) is 2.81. The third-order valence-corrected chi connectivity index (χ3v) is 4.90. The molecule has 1 amide bonds. The van der Waals surface area contributed by atoms with Gasteiger partial charge in [0.25, 0.3) is 0 Å². The van der Waals surface area contributed by atoms with E-state index in [1.165, 1.54) is 5.56 Å². The van der Waals surface area contributed by atoms with E-state index in [0.29, 0.717) is 29.4 Å². The molecular weight excluding hydrogens is 388 g/mol. The summed E-state index contributed by atoms with van der Waals surface area (Å²) in [6.07, 6.45) is 0.277. The molecule has 29 heavy (non-hydrogen) atoms. The van der Waals surface area contributed by atoms with Crippen molar-refractivity contribution >= 4 is 18.1 Å². The topological polar surface area (TPSA) is 81.2 Å². The van der Waals surface area contributed by atoms with Crippen molar-refractivity contribution in [2.24, 2.45) is 0 Å². The van der Waals surface area contributed by atoms with Crippen LogP contribution in [-0.2, 0) is 17.9 Å². The Balaban J connectivity index is 1.64. The molecule has 7 nitrogen and oxygen atoms in total. The Morgan fingerprint density at radius 3 is 2.62 bits per heavy atom. The zero-order valence-corrected chi connectivity index (χ0v) is 17.5. The maximum atomic E-state index is 12.4. The fourth-order valence-corrected chi connectivity index (χ4v) is 3.26. The fourth-order valence-electron chi connectivity index (χ4n) is 3.04. The molecular formula is C21H24N4O3S. The van der Waals surface area contributed by atoms with Crippen LogP contribution >= 0.6 is 12.2 Å². The number of rotatable bonds is 8. The third-order valence-electron chi connectivity index (χ3n) is 4.59. The highest BCUT2D eigenvalue weighted by atomic mass is 32.1. The number of H-pyrrole nitrogens is 1. The molecule has 1 aromatic heterocycles. The number of benzene rings is 2. The molecule has 3 rings (SSSR count). The Morgan fingerprint density at radius 1 is 1.17 bits per heavy atom. The number of nitrogens with one attached hydrogen (secondary N) is 2. The van der Waals surface area contributed by atoms with Crippen LogP contribution in [0.25, 0.3) is 11.4 Å². The summed E-state index contributed by atoms with van der Waals surface area (Å²) >= 11 is 5.34. The second kappa shape index (κ2) is 9.38. The van der Waals surface area contributed by atoms with Crippen molar-refractivity contribution in [2.45, 2.75) is 26.4 Å². The number of hydrogen-bond acceptors (Lipinski definition) is 5. The van der Waals surface area contributed by atoms with Gasteiger partial charge in [-0.25, -0.2) is 0 Å². The lowest BCUT2D eigenvalue weighted by Crippen LogP contribution is -2.24. The zero-order chi connectivity index (χ0) is 20.8. The first-order valence-electron chi connectivity index (χ1n) is 9.22. The van der Waals surface area contributed by atoms with Gasteiger partial charge in [-0.2, -0.15) is 5.10 Å². The Bertz CT molecular complexity index is 1040. The Hall–Kier alpha value is -3.13. The molecule has 152 valence electrons. The molecule has 0 bridgehead atoms. The fraction of sp³-hybridized carbons (Fsp3) is 0.286. The largest absolute Gasteiger partial charge is 0.493 e. The molecule has 0 saturated carbocycles. The minimum absolute atomic E-state index is 0.0900. The van der Waals surface area contributed by atoms with Crippen molar-refractivity contribution in [3.05, 3.63) is 58.4 Å². The van der Waals surface area contributed by atoms with Crippen LogP contribution in [0.3, 0.4) is 0 Å². The smallest absolute Gasteiger partial charge is 0.222 e. The summed E-state index contributed by atoms with van der Waals surface area (Å²) in [5.41, 5.74) is 2.96. The summed E-state index contributed by atoms with van der Waals surface area (Å²) < 4.78 is 13.0. The SMILES string of the molecule is COc1cccc(CNC(=O)CCn2c(-c3ccc(C)cc3)n[nH]c2=S)c1OC. The lowest BCUT2D eigenvalue weighted by Gasteiger charge is -2.13. The van der Waals surface area contributed by atoms with E-state index >= 15 is 0 Å². The van der Waals surface area contributed by atoms with E-state index < -0.39 is 0 Å². The third kappa shape index (κ3) is 4.83. The van der Waals surface area contributed by atoms with Crippen LogP contribution in [-0.4, -0.2) is 34.9 Å². The molecule has 0 fully saturated rings. The number of carbonyl (C=O) groups excluding carboxylic acids is 1. The Kier molecular flexibility index (Phi) is 6.66. The van der Waals surface area contributed by atoms with Gasteiger partial charge in [0.15, 0.2) is 22.1 Å². The van der Waals surface area contributed by atoms with E-state index in [0.717, 1.165) is 17.0 Å². The van der Waals surface area contributed by atoms with Crippen LogP contribution in [0.1, 0.15) is 17.5 Å². The molecule has 0 aliphatic rings. The summed E-state index contributed by atoms with van der Waals surface area (Å²) in [5, 5.41) is 10.0. The summed E-state index contributed by atoms with van der Waals surface area (Å²) in [4.78, 5) is 12.4. The van der Waals surface area contributed by atoms with Crippen molar-refractivity contribution in [2.75, 3.05) is 14.2 Å². The van der Waals surface area contributed by atoms with Crippen molar-refractivity contribution < 1.29 is 14.3 Å². The molecule has 0 unspecified atom stereocenters. The number of aromatic nitrogens is 3. The lowest BCUT2D eigenvalue weighted by molar-refractivity contribution is -0.121. The molecule has 1 heterocycles. The van der Waals surface area contributed by atoms with Gasteiger partial charge in [0, 0.05) is 30.6 Å². The minimum Gasteiger partial charge on any atom is -0.493 e. The molecule has 0 saturated heterocycles. The molecule has 2 N–H and O–H groups in total. The van der Waals surface area contributed by atoms with E-state index in [4.69, 9.17) is 21.7 Å². The number of nitrogens with zero attached hydrogens (tertiary/aromatic N) is 2. The van der Waals surface area contributed by atoms with Gasteiger partial charge in [0.05, 0.1) is 14.2 Å². The number of hydrogen-bond donors (Lipinski definition) is 2.